The molecule has 0 saturated heterocycles. The van der Waals surface area contributed by atoms with Crippen molar-refractivity contribution < 1.29 is 19.7 Å². The molecule has 0 aromatic heterocycles. The lowest BCUT2D eigenvalue weighted by atomic mass is 10.0. The minimum atomic E-state index is -0.125. The van der Waals surface area contributed by atoms with Crippen molar-refractivity contribution in [1.82, 2.24) is 0 Å². The first-order chi connectivity index (χ1) is 20.7. The molecule has 0 spiro atoms. The second kappa shape index (κ2) is 42.5. The molecule has 0 unspecified atom stereocenters. The highest BCUT2D eigenvalue weighted by molar-refractivity contribution is 5.69. The third kappa shape index (κ3) is 43.8. The lowest BCUT2D eigenvalue weighted by Crippen LogP contribution is -2.05. The van der Waals surface area contributed by atoms with Crippen molar-refractivity contribution in [1.29, 1.82) is 0 Å². The predicted molar refractivity (Wildman–Crippen MR) is 184 cm³/mol. The van der Waals surface area contributed by atoms with E-state index in [1.54, 1.807) is 0 Å². The standard InChI is InChI=1S/C36H72O2.C2H6O2/c1-3-5-7-9-11-13-15-17-19-21-23-25-27-29-31-33-35-38-36(37)34-32-30-28-26-24-22-20-18-16-14-12-10-8-6-4-2;3-1-2-4/h3-35H2,1-2H3;3-4H,1-2H2. The van der Waals surface area contributed by atoms with Gasteiger partial charge in [-0.25, -0.2) is 0 Å². The van der Waals surface area contributed by atoms with Gasteiger partial charge in [-0.2, -0.15) is 0 Å². The van der Waals surface area contributed by atoms with E-state index in [9.17, 15) is 4.79 Å². The van der Waals surface area contributed by atoms with Crippen LogP contribution < -0.4 is 0 Å². The number of carbonyl (C=O) groups excluding carboxylic acids is 1. The fourth-order valence-corrected chi connectivity index (χ4v) is 5.55. The van der Waals surface area contributed by atoms with E-state index in [4.69, 9.17) is 14.9 Å². The molecule has 0 aliphatic heterocycles. The molecule has 0 aromatic rings. The van der Waals surface area contributed by atoms with Crippen LogP contribution in [-0.2, 0) is 9.53 Å². The summed E-state index contributed by atoms with van der Waals surface area (Å²) in [6.45, 7) is 4.97. The van der Waals surface area contributed by atoms with Crippen LogP contribution in [0.1, 0.15) is 219 Å². The van der Waals surface area contributed by atoms with E-state index in [1.165, 1.54) is 186 Å². The van der Waals surface area contributed by atoms with Gasteiger partial charge in [-0.3, -0.25) is 4.79 Å². The molecule has 0 amide bonds. The van der Waals surface area contributed by atoms with Crippen LogP contribution in [0, 0.1) is 0 Å². The van der Waals surface area contributed by atoms with E-state index >= 15 is 0 Å². The molecule has 0 bridgehead atoms. The molecule has 0 rings (SSSR count). The number of aliphatic hydroxyl groups is 2. The Kier molecular flexibility index (Phi) is 44.1. The van der Waals surface area contributed by atoms with Crippen molar-refractivity contribution in [2.24, 2.45) is 0 Å². The molecule has 0 heterocycles. The summed E-state index contributed by atoms with van der Waals surface area (Å²) in [4.78, 5) is 11.9. The minimum Gasteiger partial charge on any atom is -0.466 e. The maximum atomic E-state index is 11.9. The Morgan fingerprint density at radius 3 is 0.881 bits per heavy atom. The van der Waals surface area contributed by atoms with Gasteiger partial charge in [-0.15, -0.1) is 0 Å². The molecular formula is C38H78O4. The van der Waals surface area contributed by atoms with E-state index in [1.807, 2.05) is 0 Å². The van der Waals surface area contributed by atoms with E-state index < -0.39 is 0 Å². The van der Waals surface area contributed by atoms with Gasteiger partial charge in [-0.1, -0.05) is 200 Å². The van der Waals surface area contributed by atoms with Crippen LogP contribution in [0.2, 0.25) is 0 Å². The van der Waals surface area contributed by atoms with Crippen LogP contribution in [0.4, 0.5) is 0 Å². The van der Waals surface area contributed by atoms with E-state index in [-0.39, 0.29) is 19.2 Å². The van der Waals surface area contributed by atoms with Gasteiger partial charge < -0.3 is 14.9 Å². The van der Waals surface area contributed by atoms with Gasteiger partial charge in [0.05, 0.1) is 19.8 Å². The van der Waals surface area contributed by atoms with Crippen molar-refractivity contribution in [3.8, 4) is 0 Å². The average molecular weight is 599 g/mol. The summed E-state index contributed by atoms with van der Waals surface area (Å²) >= 11 is 0. The van der Waals surface area contributed by atoms with Crippen molar-refractivity contribution in [3.05, 3.63) is 0 Å². The Hall–Kier alpha value is -0.610. The Morgan fingerprint density at radius 1 is 0.381 bits per heavy atom. The summed E-state index contributed by atoms with van der Waals surface area (Å²) in [6, 6.07) is 0. The van der Waals surface area contributed by atoms with Crippen molar-refractivity contribution in [2.45, 2.75) is 219 Å². The molecule has 0 aliphatic rings. The highest BCUT2D eigenvalue weighted by Crippen LogP contribution is 2.15. The number of hydrogen-bond acceptors (Lipinski definition) is 4. The molecule has 0 aromatic carbocycles. The number of unbranched alkanes of at least 4 members (excludes halogenated alkanes) is 29. The van der Waals surface area contributed by atoms with Gasteiger partial charge in [0.15, 0.2) is 0 Å². The Bertz CT molecular complexity index is 466. The number of esters is 1. The van der Waals surface area contributed by atoms with Crippen molar-refractivity contribution in [3.63, 3.8) is 0 Å². The molecule has 254 valence electrons. The highest BCUT2D eigenvalue weighted by atomic mass is 16.5. The Balaban J connectivity index is 0. The first-order valence-corrected chi connectivity index (χ1v) is 19.1. The fourth-order valence-electron chi connectivity index (χ4n) is 5.55. The minimum absolute atomic E-state index is 0.0284. The quantitative estimate of drug-likeness (QED) is 0.0571. The largest absolute Gasteiger partial charge is 0.466 e. The lowest BCUT2D eigenvalue weighted by molar-refractivity contribution is -0.143. The third-order valence-corrected chi connectivity index (χ3v) is 8.35. The molecule has 0 atom stereocenters. The van der Waals surface area contributed by atoms with Crippen LogP contribution in [0.3, 0.4) is 0 Å². The third-order valence-electron chi connectivity index (χ3n) is 8.35. The van der Waals surface area contributed by atoms with E-state index in [2.05, 4.69) is 13.8 Å². The first-order valence-electron chi connectivity index (χ1n) is 19.1. The summed E-state index contributed by atoms with van der Waals surface area (Å²) in [5.74, 6) is 0.0284. The Morgan fingerprint density at radius 2 is 0.619 bits per heavy atom. The summed E-state index contributed by atoms with van der Waals surface area (Å²) < 4.78 is 5.44. The van der Waals surface area contributed by atoms with E-state index in [0.717, 1.165) is 12.8 Å². The topological polar surface area (TPSA) is 66.8 Å². The monoisotopic (exact) mass is 599 g/mol. The fraction of sp³-hybridized carbons (Fsp3) is 0.974. The summed E-state index contributed by atoms with van der Waals surface area (Å²) in [5, 5.41) is 15.2. The van der Waals surface area contributed by atoms with E-state index in [0.29, 0.717) is 13.0 Å². The zero-order valence-corrected chi connectivity index (χ0v) is 29.0. The first kappa shape index (κ1) is 43.5. The predicted octanol–water partition coefficient (Wildman–Crippen LogP) is 12.0. The van der Waals surface area contributed by atoms with Crippen LogP contribution in [0.5, 0.6) is 0 Å². The molecular weight excluding hydrogens is 520 g/mol. The van der Waals surface area contributed by atoms with Gasteiger partial charge >= 0.3 is 5.97 Å². The maximum absolute atomic E-state index is 11.9. The molecule has 2 N–H and O–H groups in total. The van der Waals surface area contributed by atoms with Gasteiger partial charge in [-0.05, 0) is 12.8 Å². The van der Waals surface area contributed by atoms with Gasteiger partial charge in [0, 0.05) is 6.42 Å². The summed E-state index contributed by atoms with van der Waals surface area (Å²) in [5.41, 5.74) is 0. The molecule has 0 radical (unpaired) electrons. The molecule has 42 heavy (non-hydrogen) atoms. The van der Waals surface area contributed by atoms with Crippen molar-refractivity contribution >= 4 is 5.97 Å². The molecule has 0 fully saturated rings. The number of carbonyl (C=O) groups is 1. The van der Waals surface area contributed by atoms with Crippen LogP contribution in [-0.4, -0.2) is 36.0 Å². The average Bonchev–Trinajstić information content (AvgIpc) is 3.00. The normalized spacial score (nSPS) is 11.0. The van der Waals surface area contributed by atoms with Gasteiger partial charge in [0.25, 0.3) is 0 Å². The summed E-state index contributed by atoms with van der Waals surface area (Å²) in [7, 11) is 0. The molecule has 0 aliphatic carbocycles. The zero-order chi connectivity index (χ0) is 31.0. The molecule has 0 saturated carbocycles. The lowest BCUT2D eigenvalue weighted by Gasteiger charge is -2.06. The molecule has 4 nitrogen and oxygen atoms in total. The second-order valence-electron chi connectivity index (χ2n) is 12.7. The van der Waals surface area contributed by atoms with Gasteiger partial charge in [0.1, 0.15) is 0 Å². The number of rotatable bonds is 34. The van der Waals surface area contributed by atoms with Gasteiger partial charge in [0.2, 0.25) is 0 Å². The Labute approximate surface area is 264 Å². The maximum Gasteiger partial charge on any atom is 0.305 e. The van der Waals surface area contributed by atoms with Crippen LogP contribution in [0.15, 0.2) is 0 Å². The van der Waals surface area contributed by atoms with Crippen LogP contribution in [0.25, 0.3) is 0 Å². The number of ether oxygens (including phenoxy) is 1. The van der Waals surface area contributed by atoms with Crippen molar-refractivity contribution in [2.75, 3.05) is 19.8 Å². The molecule has 4 heteroatoms. The SMILES string of the molecule is CCCCCCCCCCCCCCCCCCOC(=O)CCCCCCCCCCCCCCCCC.OCCO. The second-order valence-corrected chi connectivity index (χ2v) is 12.7. The zero-order valence-electron chi connectivity index (χ0n) is 29.0. The smallest absolute Gasteiger partial charge is 0.305 e. The number of aliphatic hydroxyl groups excluding tert-OH is 2. The number of hydrogen-bond donors (Lipinski definition) is 2. The summed E-state index contributed by atoms with van der Waals surface area (Å²) in [6.07, 6.45) is 43.1. The highest BCUT2D eigenvalue weighted by Gasteiger charge is 2.03. The van der Waals surface area contributed by atoms with Crippen LogP contribution >= 0.6 is 0 Å².